The van der Waals surface area contributed by atoms with Crippen LogP contribution in [0.15, 0.2) is 24.3 Å². The van der Waals surface area contributed by atoms with E-state index in [1.165, 1.54) is 29.9 Å². The van der Waals surface area contributed by atoms with Crippen LogP contribution in [-0.2, 0) is 0 Å². The van der Waals surface area contributed by atoms with Gasteiger partial charge in [0, 0.05) is 21.7 Å². The van der Waals surface area contributed by atoms with Crippen molar-refractivity contribution >= 4 is 44.8 Å². The highest BCUT2D eigenvalue weighted by atomic mass is 32.2. The van der Waals surface area contributed by atoms with Crippen LogP contribution < -0.4 is 11.1 Å². The fourth-order valence-electron chi connectivity index (χ4n) is 2.50. The molecule has 0 aliphatic carbocycles. The van der Waals surface area contributed by atoms with Crippen molar-refractivity contribution in [1.82, 2.24) is 5.32 Å². The molecular weight excluding hydrogens is 288 g/mol. The van der Waals surface area contributed by atoms with Gasteiger partial charge in [0.1, 0.15) is 0 Å². The molecule has 1 amide bonds. The Morgan fingerprint density at radius 1 is 1.45 bits per heavy atom. The maximum Gasteiger partial charge on any atom is 0.261 e. The van der Waals surface area contributed by atoms with Crippen LogP contribution in [0.2, 0.25) is 0 Å². The molecule has 1 saturated heterocycles. The molecule has 3 N–H and O–H groups in total. The lowest BCUT2D eigenvalue weighted by Crippen LogP contribution is -2.36. The van der Waals surface area contributed by atoms with Gasteiger partial charge in [-0.25, -0.2) is 0 Å². The predicted octanol–water partition coefficient (Wildman–Crippen LogP) is 3.50. The van der Waals surface area contributed by atoms with Gasteiger partial charge in [0.15, 0.2) is 0 Å². The van der Waals surface area contributed by atoms with Gasteiger partial charge < -0.3 is 11.1 Å². The third kappa shape index (κ3) is 2.79. The van der Waals surface area contributed by atoms with Gasteiger partial charge in [0.2, 0.25) is 0 Å². The summed E-state index contributed by atoms with van der Waals surface area (Å²) in [7, 11) is 0. The summed E-state index contributed by atoms with van der Waals surface area (Å²) in [6, 6.07) is 7.68. The molecule has 2 heterocycles. The molecule has 5 heteroatoms. The fraction of sp³-hybridized carbons (Fsp3) is 0.400. The Morgan fingerprint density at radius 2 is 2.30 bits per heavy atom. The van der Waals surface area contributed by atoms with Crippen molar-refractivity contribution < 1.29 is 4.79 Å². The van der Waals surface area contributed by atoms with Gasteiger partial charge in [-0.05, 0) is 55.2 Å². The van der Waals surface area contributed by atoms with E-state index in [2.05, 4.69) is 12.2 Å². The van der Waals surface area contributed by atoms with Crippen LogP contribution in [0.25, 0.3) is 10.1 Å². The van der Waals surface area contributed by atoms with Crippen molar-refractivity contribution in [3.05, 3.63) is 29.1 Å². The first-order valence-electron chi connectivity index (χ1n) is 6.77. The van der Waals surface area contributed by atoms with Gasteiger partial charge in [-0.2, -0.15) is 11.8 Å². The van der Waals surface area contributed by atoms with Crippen molar-refractivity contribution in [2.24, 2.45) is 0 Å². The summed E-state index contributed by atoms with van der Waals surface area (Å²) in [6.45, 7) is 2.98. The van der Waals surface area contributed by atoms with Gasteiger partial charge in [-0.1, -0.05) is 0 Å². The normalized spacial score (nSPS) is 22.2. The zero-order valence-corrected chi connectivity index (χ0v) is 13.1. The monoisotopic (exact) mass is 306 g/mol. The first kappa shape index (κ1) is 13.8. The number of amides is 1. The Morgan fingerprint density at radius 3 is 3.05 bits per heavy atom. The average molecular weight is 306 g/mol. The minimum Gasteiger partial charge on any atom is -0.399 e. The number of fused-ring (bicyclic) bond motifs is 1. The number of carbonyl (C=O) groups is 1. The van der Waals surface area contributed by atoms with Crippen LogP contribution in [-0.4, -0.2) is 23.0 Å². The maximum absolute atomic E-state index is 12.3. The van der Waals surface area contributed by atoms with E-state index in [4.69, 9.17) is 5.73 Å². The number of rotatable bonds is 3. The molecule has 0 bridgehead atoms. The van der Waals surface area contributed by atoms with Crippen molar-refractivity contribution in [3.63, 3.8) is 0 Å². The molecule has 1 unspecified atom stereocenters. The molecule has 0 radical (unpaired) electrons. The average Bonchev–Trinajstić information content (AvgIpc) is 3.02. The van der Waals surface area contributed by atoms with Crippen LogP contribution in [0.5, 0.6) is 0 Å². The standard InChI is InChI=1S/C15H18N2OS2/c1-15(5-2-6-19-15)9-17-14(18)13-8-10-7-11(16)3-4-12(10)20-13/h3-4,7-8H,2,5-6,9,16H2,1H3,(H,17,18). The number of carbonyl (C=O) groups excluding carboxylic acids is 1. The van der Waals surface area contributed by atoms with E-state index in [1.54, 1.807) is 0 Å². The van der Waals surface area contributed by atoms with Crippen molar-refractivity contribution in [1.29, 1.82) is 0 Å². The lowest BCUT2D eigenvalue weighted by Gasteiger charge is -2.22. The Hall–Kier alpha value is -1.20. The predicted molar refractivity (Wildman–Crippen MR) is 88.7 cm³/mol. The minimum absolute atomic E-state index is 0.0264. The number of anilines is 1. The smallest absolute Gasteiger partial charge is 0.261 e. The fourth-order valence-corrected chi connectivity index (χ4v) is 4.71. The highest BCUT2D eigenvalue weighted by Crippen LogP contribution is 2.37. The summed E-state index contributed by atoms with van der Waals surface area (Å²) in [5, 5.41) is 4.12. The van der Waals surface area contributed by atoms with Crippen molar-refractivity contribution in [3.8, 4) is 0 Å². The van der Waals surface area contributed by atoms with Gasteiger partial charge in [-0.15, -0.1) is 11.3 Å². The molecule has 0 spiro atoms. The van der Waals surface area contributed by atoms with Crippen LogP contribution in [0.4, 0.5) is 5.69 Å². The summed E-state index contributed by atoms with van der Waals surface area (Å²) in [5.41, 5.74) is 6.50. The number of nitrogen functional groups attached to an aromatic ring is 1. The molecule has 1 fully saturated rings. The van der Waals surface area contributed by atoms with E-state index in [9.17, 15) is 4.79 Å². The second-order valence-corrected chi connectivity index (χ2v) is 8.26. The van der Waals surface area contributed by atoms with Gasteiger partial charge in [-0.3, -0.25) is 4.79 Å². The Labute approximate surface area is 126 Å². The first-order chi connectivity index (χ1) is 9.56. The van der Waals surface area contributed by atoms with Crippen LogP contribution in [0, 0.1) is 0 Å². The third-order valence-corrected chi connectivity index (χ3v) is 6.34. The number of thiophene rings is 1. The van der Waals surface area contributed by atoms with Gasteiger partial charge >= 0.3 is 0 Å². The molecule has 1 aromatic heterocycles. The first-order valence-corrected chi connectivity index (χ1v) is 8.57. The van der Waals surface area contributed by atoms with Crippen LogP contribution >= 0.6 is 23.1 Å². The molecule has 1 aliphatic heterocycles. The van der Waals surface area contributed by atoms with E-state index in [0.29, 0.717) is 0 Å². The number of benzene rings is 1. The zero-order valence-electron chi connectivity index (χ0n) is 11.4. The molecule has 1 aliphatic rings. The summed E-state index contributed by atoms with van der Waals surface area (Å²) in [6.07, 6.45) is 2.43. The van der Waals surface area contributed by atoms with E-state index in [0.717, 1.165) is 27.2 Å². The molecule has 106 valence electrons. The topological polar surface area (TPSA) is 55.1 Å². The largest absolute Gasteiger partial charge is 0.399 e. The number of nitrogens with one attached hydrogen (secondary N) is 1. The molecule has 1 aromatic carbocycles. The molecule has 3 nitrogen and oxygen atoms in total. The lowest BCUT2D eigenvalue weighted by atomic mass is 10.1. The third-order valence-electron chi connectivity index (χ3n) is 3.69. The zero-order chi connectivity index (χ0) is 14.2. The molecule has 2 aromatic rings. The number of thioether (sulfide) groups is 1. The summed E-state index contributed by atoms with van der Waals surface area (Å²) >= 11 is 3.48. The molecule has 1 atom stereocenters. The molecule has 20 heavy (non-hydrogen) atoms. The van der Waals surface area contributed by atoms with Crippen molar-refractivity contribution in [2.75, 3.05) is 18.0 Å². The summed E-state index contributed by atoms with van der Waals surface area (Å²) in [4.78, 5) is 13.0. The second-order valence-electron chi connectivity index (χ2n) is 5.49. The Balaban J connectivity index is 1.72. The summed E-state index contributed by atoms with van der Waals surface area (Å²) in [5.74, 6) is 1.23. The van der Waals surface area contributed by atoms with E-state index in [1.807, 2.05) is 36.0 Å². The highest BCUT2D eigenvalue weighted by Gasteiger charge is 2.29. The minimum atomic E-state index is 0.0264. The van der Waals surface area contributed by atoms with E-state index in [-0.39, 0.29) is 10.7 Å². The quantitative estimate of drug-likeness (QED) is 0.853. The summed E-state index contributed by atoms with van der Waals surface area (Å²) < 4.78 is 1.31. The van der Waals surface area contributed by atoms with Crippen LogP contribution in [0.1, 0.15) is 29.4 Å². The maximum atomic E-state index is 12.3. The molecule has 0 saturated carbocycles. The lowest BCUT2D eigenvalue weighted by molar-refractivity contribution is 0.0954. The molecule has 3 rings (SSSR count). The van der Waals surface area contributed by atoms with Gasteiger partial charge in [0.05, 0.1) is 4.88 Å². The SMILES string of the molecule is CC1(CNC(=O)c2cc3cc(N)ccc3s2)CCCS1. The number of nitrogens with two attached hydrogens (primary N) is 1. The van der Waals surface area contributed by atoms with Gasteiger partial charge in [0.25, 0.3) is 5.91 Å². The Bertz CT molecular complexity index is 644. The molecular formula is C15H18N2OS2. The van der Waals surface area contributed by atoms with Crippen molar-refractivity contribution in [2.45, 2.75) is 24.5 Å². The van der Waals surface area contributed by atoms with E-state index >= 15 is 0 Å². The number of hydrogen-bond donors (Lipinski definition) is 2. The van der Waals surface area contributed by atoms with Crippen LogP contribution in [0.3, 0.4) is 0 Å². The number of hydrogen-bond acceptors (Lipinski definition) is 4. The Kier molecular flexibility index (Phi) is 3.65. The second kappa shape index (κ2) is 5.30. The van der Waals surface area contributed by atoms with E-state index < -0.39 is 0 Å². The highest BCUT2D eigenvalue weighted by molar-refractivity contribution is 8.00.